The third kappa shape index (κ3) is 3.90. The summed E-state index contributed by atoms with van der Waals surface area (Å²) in [6, 6.07) is 9.02. The molecule has 0 bridgehead atoms. The molecule has 0 atom stereocenters. The Morgan fingerprint density at radius 3 is 2.37 bits per heavy atom. The number of rotatable bonds is 5. The Morgan fingerprint density at radius 2 is 1.81 bits per heavy atom. The molecule has 0 spiro atoms. The summed E-state index contributed by atoms with van der Waals surface area (Å²) in [4.78, 5) is 23.2. The summed E-state index contributed by atoms with van der Waals surface area (Å²) in [5.41, 5.74) is 0.757. The van der Waals surface area contributed by atoms with Crippen LogP contribution in [0, 0.1) is 0 Å². The largest absolute Gasteiger partial charge is 0.493 e. The van der Waals surface area contributed by atoms with Gasteiger partial charge in [0.15, 0.2) is 22.5 Å². The molecule has 1 amide bonds. The molecule has 1 aliphatic rings. The molecule has 1 aromatic heterocycles. The highest BCUT2D eigenvalue weighted by atomic mass is 32.2. The Morgan fingerprint density at radius 1 is 1.11 bits per heavy atom. The van der Waals surface area contributed by atoms with E-state index in [1.54, 1.807) is 58.8 Å². The molecule has 8 heteroatoms. The average Bonchev–Trinajstić information content (AvgIpc) is 2.95. The topological polar surface area (TPSA) is 73.3 Å². The van der Waals surface area contributed by atoms with E-state index in [1.807, 2.05) is 12.1 Å². The number of pyridine rings is 1. The van der Waals surface area contributed by atoms with Crippen molar-refractivity contribution >= 4 is 34.7 Å². The number of hydrogen-bond acceptors (Lipinski definition) is 7. The van der Waals surface area contributed by atoms with E-state index >= 15 is 0 Å². The number of nitrogens with zero attached hydrogens (tertiary/aromatic N) is 3. The predicted octanol–water partition coefficient (Wildman–Crippen LogP) is 3.34. The van der Waals surface area contributed by atoms with Gasteiger partial charge in [0.2, 0.25) is 5.75 Å². The van der Waals surface area contributed by atoms with Crippen molar-refractivity contribution in [1.29, 1.82) is 0 Å². The average molecular weight is 385 g/mol. The van der Waals surface area contributed by atoms with Crippen molar-refractivity contribution in [2.24, 2.45) is 4.99 Å². The first kappa shape index (κ1) is 18.8. The standard InChI is InChI=1S/C19H19N3O4S/c1-22-18(23)15(27-19(22)21-16-7-5-6-8-20-16)11-12-9-13(24-2)17(26-4)14(10-12)25-3/h5-11H,1-4H3/b15-11-,21-19+. The normalized spacial score (nSPS) is 16.9. The van der Waals surface area contributed by atoms with Gasteiger partial charge >= 0.3 is 0 Å². The number of carbonyl (C=O) groups is 1. The molecule has 0 N–H and O–H groups in total. The van der Waals surface area contributed by atoms with Gasteiger partial charge in [-0.2, -0.15) is 0 Å². The van der Waals surface area contributed by atoms with Gasteiger partial charge in [-0.05, 0) is 47.7 Å². The van der Waals surface area contributed by atoms with Gasteiger partial charge in [0.25, 0.3) is 5.91 Å². The summed E-state index contributed by atoms with van der Waals surface area (Å²) in [7, 11) is 6.33. The summed E-state index contributed by atoms with van der Waals surface area (Å²) < 4.78 is 16.1. The predicted molar refractivity (Wildman–Crippen MR) is 106 cm³/mol. The van der Waals surface area contributed by atoms with Gasteiger partial charge in [-0.15, -0.1) is 0 Å². The van der Waals surface area contributed by atoms with Crippen molar-refractivity contribution in [1.82, 2.24) is 9.88 Å². The second kappa shape index (κ2) is 8.13. The molecule has 1 fully saturated rings. The summed E-state index contributed by atoms with van der Waals surface area (Å²) >= 11 is 1.29. The number of thioether (sulfide) groups is 1. The molecule has 1 aliphatic heterocycles. The van der Waals surface area contributed by atoms with Gasteiger partial charge in [0.1, 0.15) is 0 Å². The Bertz CT molecular complexity index is 887. The molecule has 2 heterocycles. The van der Waals surface area contributed by atoms with Crippen molar-refractivity contribution in [2.45, 2.75) is 0 Å². The van der Waals surface area contributed by atoms with E-state index in [4.69, 9.17) is 14.2 Å². The quantitative estimate of drug-likeness (QED) is 0.735. The van der Waals surface area contributed by atoms with Crippen molar-refractivity contribution in [3.8, 4) is 17.2 Å². The van der Waals surface area contributed by atoms with Crippen LogP contribution >= 0.6 is 11.8 Å². The van der Waals surface area contributed by atoms with Crippen LogP contribution in [0.25, 0.3) is 6.08 Å². The Balaban J connectivity index is 1.96. The number of ether oxygens (including phenoxy) is 3. The highest BCUT2D eigenvalue weighted by molar-refractivity contribution is 8.18. The third-order valence-corrected chi connectivity index (χ3v) is 4.91. The van der Waals surface area contributed by atoms with Crippen LogP contribution in [0.15, 0.2) is 46.4 Å². The third-order valence-electron chi connectivity index (χ3n) is 3.85. The second-order valence-corrected chi connectivity index (χ2v) is 6.52. The van der Waals surface area contributed by atoms with E-state index in [1.165, 1.54) is 16.7 Å². The van der Waals surface area contributed by atoms with Gasteiger partial charge in [-0.1, -0.05) is 6.07 Å². The van der Waals surface area contributed by atoms with Crippen LogP contribution in [-0.2, 0) is 4.79 Å². The zero-order chi connectivity index (χ0) is 19.4. The Labute approximate surface area is 161 Å². The first-order chi connectivity index (χ1) is 13.1. The molecule has 140 valence electrons. The van der Waals surface area contributed by atoms with Crippen LogP contribution in [0.4, 0.5) is 5.82 Å². The Kier molecular flexibility index (Phi) is 5.66. The molecular formula is C19H19N3O4S. The first-order valence-corrected chi connectivity index (χ1v) is 8.86. The fourth-order valence-corrected chi connectivity index (χ4v) is 3.48. The number of aromatic nitrogens is 1. The SMILES string of the molecule is COc1cc(/C=C2\S/C(=N/c3ccccn3)N(C)C2=O)cc(OC)c1OC. The lowest BCUT2D eigenvalue weighted by molar-refractivity contribution is -0.121. The summed E-state index contributed by atoms with van der Waals surface area (Å²) in [5, 5.41) is 0.567. The zero-order valence-corrected chi connectivity index (χ0v) is 16.2. The van der Waals surface area contributed by atoms with Gasteiger partial charge in [0.05, 0.1) is 26.2 Å². The maximum absolute atomic E-state index is 12.6. The molecule has 0 unspecified atom stereocenters. The van der Waals surface area contributed by atoms with Crippen LogP contribution in [0.2, 0.25) is 0 Å². The maximum Gasteiger partial charge on any atom is 0.266 e. The smallest absolute Gasteiger partial charge is 0.266 e. The highest BCUT2D eigenvalue weighted by Crippen LogP contribution is 2.40. The minimum Gasteiger partial charge on any atom is -0.493 e. The molecule has 3 rings (SSSR count). The lowest BCUT2D eigenvalue weighted by Crippen LogP contribution is -2.23. The lowest BCUT2D eigenvalue weighted by atomic mass is 10.1. The number of amides is 1. The second-order valence-electron chi connectivity index (χ2n) is 5.52. The molecular weight excluding hydrogens is 366 g/mol. The number of carbonyl (C=O) groups excluding carboxylic acids is 1. The minimum absolute atomic E-state index is 0.136. The van der Waals surface area contributed by atoms with Gasteiger partial charge in [-0.25, -0.2) is 9.98 Å². The van der Waals surface area contributed by atoms with Crippen LogP contribution in [0.1, 0.15) is 5.56 Å². The van der Waals surface area contributed by atoms with E-state index in [-0.39, 0.29) is 5.91 Å². The summed E-state index contributed by atoms with van der Waals surface area (Å²) in [6.45, 7) is 0. The molecule has 1 aromatic carbocycles. The van der Waals surface area contributed by atoms with Crippen molar-refractivity contribution < 1.29 is 19.0 Å². The molecule has 27 heavy (non-hydrogen) atoms. The van der Waals surface area contributed by atoms with E-state index < -0.39 is 0 Å². The fourth-order valence-electron chi connectivity index (χ4n) is 2.51. The van der Waals surface area contributed by atoms with Gasteiger partial charge in [-0.3, -0.25) is 9.69 Å². The van der Waals surface area contributed by atoms with Gasteiger partial charge in [0, 0.05) is 13.2 Å². The molecule has 7 nitrogen and oxygen atoms in total. The highest BCUT2D eigenvalue weighted by Gasteiger charge is 2.30. The van der Waals surface area contributed by atoms with Crippen molar-refractivity contribution in [3.63, 3.8) is 0 Å². The molecule has 2 aromatic rings. The monoisotopic (exact) mass is 385 g/mol. The molecule has 0 saturated carbocycles. The molecule has 0 radical (unpaired) electrons. The molecule has 0 aliphatic carbocycles. The van der Waals surface area contributed by atoms with Crippen LogP contribution in [0.5, 0.6) is 17.2 Å². The zero-order valence-electron chi connectivity index (χ0n) is 15.4. The first-order valence-electron chi connectivity index (χ1n) is 8.04. The van der Waals surface area contributed by atoms with E-state index in [0.717, 1.165) is 5.56 Å². The van der Waals surface area contributed by atoms with E-state index in [9.17, 15) is 4.79 Å². The van der Waals surface area contributed by atoms with Crippen LogP contribution in [-0.4, -0.2) is 49.3 Å². The number of amidine groups is 1. The number of likely N-dealkylation sites (N-methyl/N-ethyl adjacent to an activating group) is 1. The minimum atomic E-state index is -0.136. The van der Waals surface area contributed by atoms with Crippen LogP contribution < -0.4 is 14.2 Å². The van der Waals surface area contributed by atoms with E-state index in [0.29, 0.717) is 33.1 Å². The number of benzene rings is 1. The number of methoxy groups -OCH3 is 3. The van der Waals surface area contributed by atoms with Gasteiger partial charge < -0.3 is 14.2 Å². The number of hydrogen-bond donors (Lipinski definition) is 0. The fraction of sp³-hybridized carbons (Fsp3) is 0.211. The molecule has 1 saturated heterocycles. The Hall–Kier alpha value is -3.00. The number of aliphatic imine (C=N–C) groups is 1. The van der Waals surface area contributed by atoms with Crippen molar-refractivity contribution in [3.05, 3.63) is 47.0 Å². The summed E-state index contributed by atoms with van der Waals surface area (Å²) in [6.07, 6.45) is 3.43. The lowest BCUT2D eigenvalue weighted by Gasteiger charge is -2.13. The maximum atomic E-state index is 12.6. The van der Waals surface area contributed by atoms with Crippen LogP contribution in [0.3, 0.4) is 0 Å². The van der Waals surface area contributed by atoms with E-state index in [2.05, 4.69) is 9.98 Å². The van der Waals surface area contributed by atoms with Crippen molar-refractivity contribution in [2.75, 3.05) is 28.4 Å². The summed E-state index contributed by atoms with van der Waals surface area (Å²) in [5.74, 6) is 1.96.